The summed E-state index contributed by atoms with van der Waals surface area (Å²) in [5, 5.41) is 0. The number of hydrogen-bond donors (Lipinski definition) is 1. The van der Waals surface area contributed by atoms with Crippen LogP contribution >= 0.6 is 0 Å². The molecule has 0 radical (unpaired) electrons. The molecule has 1 spiro atoms. The van der Waals surface area contributed by atoms with Crippen LogP contribution in [0.5, 0.6) is 5.88 Å². The standard InChI is InChI=1S/C23H24N4O4/c24-20(29)18-7-4-8-25-21(18)31-17-11-23(12-17)9-16(10-23)27-19(28)14-26(22(27)30)13-15-5-2-1-3-6-15/h1-8,16-17H,9-14H2,(H2,24,29). The van der Waals surface area contributed by atoms with E-state index in [1.807, 2.05) is 30.3 Å². The second-order valence-corrected chi connectivity index (χ2v) is 8.82. The maximum absolute atomic E-state index is 12.8. The Hall–Kier alpha value is -3.42. The first kappa shape index (κ1) is 19.5. The van der Waals surface area contributed by atoms with Gasteiger partial charge in [0.05, 0.1) is 0 Å². The minimum atomic E-state index is -0.563. The summed E-state index contributed by atoms with van der Waals surface area (Å²) in [6, 6.07) is 12.7. The Morgan fingerprint density at radius 3 is 2.55 bits per heavy atom. The number of carbonyl (C=O) groups is 3. The predicted molar refractivity (Wildman–Crippen MR) is 111 cm³/mol. The molecule has 2 heterocycles. The Balaban J connectivity index is 1.15. The molecule has 1 aliphatic heterocycles. The lowest BCUT2D eigenvalue weighted by atomic mass is 9.52. The zero-order valence-corrected chi connectivity index (χ0v) is 17.1. The predicted octanol–water partition coefficient (Wildman–Crippen LogP) is 2.33. The third-order valence-corrected chi connectivity index (χ3v) is 6.63. The number of carbonyl (C=O) groups excluding carboxylic acids is 3. The highest BCUT2D eigenvalue weighted by atomic mass is 16.5. The quantitative estimate of drug-likeness (QED) is 0.722. The average molecular weight is 420 g/mol. The van der Waals surface area contributed by atoms with E-state index in [2.05, 4.69) is 4.98 Å². The average Bonchev–Trinajstić information content (AvgIpc) is 2.97. The molecular formula is C23H24N4O4. The van der Waals surface area contributed by atoms with Crippen molar-refractivity contribution in [3.05, 3.63) is 59.8 Å². The van der Waals surface area contributed by atoms with E-state index in [1.54, 1.807) is 23.2 Å². The molecular weight excluding hydrogens is 396 g/mol. The lowest BCUT2D eigenvalue weighted by molar-refractivity contribution is -0.138. The van der Waals surface area contributed by atoms with Gasteiger partial charge >= 0.3 is 6.03 Å². The van der Waals surface area contributed by atoms with Crippen LogP contribution < -0.4 is 10.5 Å². The van der Waals surface area contributed by atoms with Crippen molar-refractivity contribution < 1.29 is 19.1 Å². The Labute approximate surface area is 180 Å². The number of amides is 4. The molecule has 8 nitrogen and oxygen atoms in total. The van der Waals surface area contributed by atoms with Gasteiger partial charge in [-0.05, 0) is 48.8 Å². The SMILES string of the molecule is NC(=O)c1cccnc1OC1CC2(C1)CC(N1C(=O)CN(Cc3ccccc3)C1=O)C2. The van der Waals surface area contributed by atoms with Crippen molar-refractivity contribution in [1.82, 2.24) is 14.8 Å². The molecule has 5 rings (SSSR count). The Morgan fingerprint density at radius 1 is 1.10 bits per heavy atom. The van der Waals surface area contributed by atoms with Crippen molar-refractivity contribution in [2.45, 2.75) is 44.4 Å². The van der Waals surface area contributed by atoms with E-state index in [1.165, 1.54) is 4.90 Å². The minimum Gasteiger partial charge on any atom is -0.474 e. The zero-order valence-electron chi connectivity index (χ0n) is 17.1. The summed E-state index contributed by atoms with van der Waals surface area (Å²) >= 11 is 0. The zero-order chi connectivity index (χ0) is 21.6. The van der Waals surface area contributed by atoms with E-state index in [9.17, 15) is 14.4 Å². The number of rotatable bonds is 6. The van der Waals surface area contributed by atoms with Crippen molar-refractivity contribution in [2.24, 2.45) is 11.1 Å². The lowest BCUT2D eigenvalue weighted by Crippen LogP contribution is -2.60. The molecule has 4 amide bonds. The van der Waals surface area contributed by atoms with Crippen LogP contribution in [0.3, 0.4) is 0 Å². The van der Waals surface area contributed by atoms with Crippen LogP contribution in [0.15, 0.2) is 48.7 Å². The van der Waals surface area contributed by atoms with E-state index < -0.39 is 5.91 Å². The van der Waals surface area contributed by atoms with Crippen LogP contribution in [0.2, 0.25) is 0 Å². The van der Waals surface area contributed by atoms with Crippen LogP contribution in [0.4, 0.5) is 4.79 Å². The minimum absolute atomic E-state index is 0.0338. The number of urea groups is 1. The van der Waals surface area contributed by atoms with Crippen LogP contribution in [0, 0.1) is 5.41 Å². The van der Waals surface area contributed by atoms with Crippen molar-refractivity contribution in [1.29, 1.82) is 0 Å². The molecule has 2 aromatic rings. The van der Waals surface area contributed by atoms with E-state index in [4.69, 9.17) is 10.5 Å². The summed E-state index contributed by atoms with van der Waals surface area (Å²) in [6.07, 6.45) is 4.78. The summed E-state index contributed by atoms with van der Waals surface area (Å²) in [5.74, 6) is -0.411. The topological polar surface area (TPSA) is 106 Å². The number of hydrogen-bond acceptors (Lipinski definition) is 5. The first-order chi connectivity index (χ1) is 14.9. The van der Waals surface area contributed by atoms with E-state index in [0.29, 0.717) is 6.54 Å². The first-order valence-corrected chi connectivity index (χ1v) is 10.5. The highest BCUT2D eigenvalue weighted by molar-refractivity contribution is 6.02. The number of aromatic nitrogens is 1. The molecule has 1 saturated heterocycles. The summed E-state index contributed by atoms with van der Waals surface area (Å²) in [7, 11) is 0. The van der Waals surface area contributed by atoms with Gasteiger partial charge in [0.1, 0.15) is 18.2 Å². The third kappa shape index (κ3) is 3.52. The van der Waals surface area contributed by atoms with Gasteiger partial charge in [0, 0.05) is 18.8 Å². The molecule has 1 aromatic heterocycles. The first-order valence-electron chi connectivity index (χ1n) is 10.5. The van der Waals surface area contributed by atoms with Crippen LogP contribution in [0.1, 0.15) is 41.6 Å². The molecule has 2 saturated carbocycles. The van der Waals surface area contributed by atoms with Gasteiger partial charge in [-0.3, -0.25) is 14.5 Å². The molecule has 3 aliphatic rings. The van der Waals surface area contributed by atoms with Crippen molar-refractivity contribution in [3.8, 4) is 5.88 Å². The van der Waals surface area contributed by atoms with Gasteiger partial charge in [-0.25, -0.2) is 9.78 Å². The maximum Gasteiger partial charge on any atom is 0.327 e. The number of ether oxygens (including phenoxy) is 1. The number of pyridine rings is 1. The second-order valence-electron chi connectivity index (χ2n) is 8.82. The normalized spacial score (nSPS) is 27.2. The molecule has 0 bridgehead atoms. The highest BCUT2D eigenvalue weighted by Crippen LogP contribution is 2.58. The molecule has 31 heavy (non-hydrogen) atoms. The molecule has 160 valence electrons. The van der Waals surface area contributed by atoms with Gasteiger partial charge < -0.3 is 15.4 Å². The Bertz CT molecular complexity index is 1030. The van der Waals surface area contributed by atoms with Gasteiger partial charge in [-0.2, -0.15) is 0 Å². The fourth-order valence-electron chi connectivity index (χ4n) is 5.13. The lowest BCUT2D eigenvalue weighted by Gasteiger charge is -2.58. The molecule has 0 atom stereocenters. The number of nitrogens with zero attached hydrogens (tertiary/aromatic N) is 3. The number of imide groups is 1. The van der Waals surface area contributed by atoms with Crippen molar-refractivity contribution in [3.63, 3.8) is 0 Å². The highest BCUT2D eigenvalue weighted by Gasteiger charge is 2.58. The fraction of sp³-hybridized carbons (Fsp3) is 0.391. The van der Waals surface area contributed by atoms with Gasteiger partial charge in [-0.15, -0.1) is 0 Å². The van der Waals surface area contributed by atoms with Gasteiger partial charge in [-0.1, -0.05) is 30.3 Å². The monoisotopic (exact) mass is 420 g/mol. The Morgan fingerprint density at radius 2 is 1.84 bits per heavy atom. The number of primary amides is 1. The molecule has 2 N–H and O–H groups in total. The van der Waals surface area contributed by atoms with Gasteiger partial charge in [0.25, 0.3) is 11.8 Å². The van der Waals surface area contributed by atoms with Crippen molar-refractivity contribution in [2.75, 3.05) is 6.54 Å². The van der Waals surface area contributed by atoms with Gasteiger partial charge in [0.2, 0.25) is 5.88 Å². The van der Waals surface area contributed by atoms with Crippen LogP contribution in [-0.2, 0) is 11.3 Å². The van der Waals surface area contributed by atoms with E-state index >= 15 is 0 Å². The molecule has 8 heteroatoms. The Kier molecular flexibility index (Phi) is 4.64. The number of benzene rings is 1. The van der Waals surface area contributed by atoms with E-state index in [0.717, 1.165) is 31.2 Å². The third-order valence-electron chi connectivity index (χ3n) is 6.63. The summed E-state index contributed by atoms with van der Waals surface area (Å²) in [6.45, 7) is 0.584. The van der Waals surface area contributed by atoms with Crippen LogP contribution in [0.25, 0.3) is 0 Å². The summed E-state index contributed by atoms with van der Waals surface area (Å²) in [4.78, 5) is 44.1. The van der Waals surface area contributed by atoms with Gasteiger partial charge in [0.15, 0.2) is 0 Å². The summed E-state index contributed by atoms with van der Waals surface area (Å²) in [5.41, 5.74) is 6.78. The van der Waals surface area contributed by atoms with Crippen molar-refractivity contribution >= 4 is 17.8 Å². The smallest absolute Gasteiger partial charge is 0.327 e. The van der Waals surface area contributed by atoms with E-state index in [-0.39, 0.29) is 47.5 Å². The molecule has 0 unspecified atom stereocenters. The maximum atomic E-state index is 12.8. The largest absolute Gasteiger partial charge is 0.474 e. The van der Waals surface area contributed by atoms with Crippen LogP contribution in [-0.4, -0.2) is 51.3 Å². The molecule has 2 aliphatic carbocycles. The second kappa shape index (κ2) is 7.37. The fourth-order valence-corrected chi connectivity index (χ4v) is 5.13. The number of nitrogens with two attached hydrogens (primary N) is 1. The molecule has 1 aromatic carbocycles. The summed E-state index contributed by atoms with van der Waals surface area (Å²) < 4.78 is 5.89. The molecule has 3 fully saturated rings.